The van der Waals surface area contributed by atoms with E-state index in [0.29, 0.717) is 13.1 Å². The van der Waals surface area contributed by atoms with Crippen molar-refractivity contribution in [2.24, 2.45) is 4.99 Å². The second kappa shape index (κ2) is 9.58. The van der Waals surface area contributed by atoms with Crippen molar-refractivity contribution in [2.45, 2.75) is 45.6 Å². The van der Waals surface area contributed by atoms with Crippen molar-refractivity contribution in [3.63, 3.8) is 0 Å². The van der Waals surface area contributed by atoms with Gasteiger partial charge >= 0.3 is 6.18 Å². The van der Waals surface area contributed by atoms with E-state index in [1.54, 1.807) is 23.5 Å². The first-order valence-corrected chi connectivity index (χ1v) is 10.6. The number of thiazole rings is 1. The minimum absolute atomic E-state index is 0.254. The molecule has 0 bridgehead atoms. The number of aliphatic imine (C=N–C) groups is 1. The number of nitrogens with zero attached hydrogens (tertiary/aromatic N) is 3. The van der Waals surface area contributed by atoms with E-state index < -0.39 is 11.7 Å². The van der Waals surface area contributed by atoms with E-state index in [-0.39, 0.29) is 6.04 Å². The normalized spacial score (nSPS) is 18.2. The molecule has 9 heteroatoms. The largest absolute Gasteiger partial charge is 0.416 e. The zero-order chi connectivity index (χ0) is 20.9. The van der Waals surface area contributed by atoms with Crippen LogP contribution in [0.5, 0.6) is 0 Å². The lowest BCUT2D eigenvalue weighted by molar-refractivity contribution is -0.137. The quantitative estimate of drug-likeness (QED) is 0.546. The van der Waals surface area contributed by atoms with E-state index >= 15 is 0 Å². The molecule has 1 unspecified atom stereocenters. The summed E-state index contributed by atoms with van der Waals surface area (Å²) in [5.41, 5.74) is 3.12. The minimum Gasteiger partial charge on any atom is -0.357 e. The number of guanidine groups is 1. The van der Waals surface area contributed by atoms with Crippen LogP contribution in [0.25, 0.3) is 0 Å². The van der Waals surface area contributed by atoms with Crippen LogP contribution in [0.3, 0.4) is 0 Å². The van der Waals surface area contributed by atoms with Gasteiger partial charge in [0.15, 0.2) is 5.96 Å². The van der Waals surface area contributed by atoms with Crippen molar-refractivity contribution < 1.29 is 13.2 Å². The number of alkyl halides is 3. The molecular formula is C20H26F3N5S. The van der Waals surface area contributed by atoms with Crippen LogP contribution >= 0.6 is 11.3 Å². The number of likely N-dealkylation sites (tertiary alicyclic amines) is 1. The molecule has 1 atom stereocenters. The van der Waals surface area contributed by atoms with Crippen LogP contribution in [-0.4, -0.2) is 41.5 Å². The van der Waals surface area contributed by atoms with Crippen LogP contribution in [-0.2, 0) is 19.3 Å². The number of nitrogens with one attached hydrogen (secondary N) is 2. The van der Waals surface area contributed by atoms with E-state index in [2.05, 4.69) is 25.5 Å². The average Bonchev–Trinajstić information content (AvgIpc) is 3.28. The van der Waals surface area contributed by atoms with E-state index in [0.717, 1.165) is 60.3 Å². The smallest absolute Gasteiger partial charge is 0.357 e. The van der Waals surface area contributed by atoms with Gasteiger partial charge in [-0.2, -0.15) is 13.2 Å². The SMILES string of the molecule is CCNC(=NCc1scnc1C)NC1CCN(Cc2ccc(C(F)(F)F)cc2)C1. The van der Waals surface area contributed by atoms with Gasteiger partial charge in [0.25, 0.3) is 0 Å². The summed E-state index contributed by atoms with van der Waals surface area (Å²) in [7, 11) is 0. The van der Waals surface area contributed by atoms with Gasteiger partial charge in [0.05, 0.1) is 23.3 Å². The fourth-order valence-corrected chi connectivity index (χ4v) is 3.99. The number of aromatic nitrogens is 1. The van der Waals surface area contributed by atoms with Crippen LogP contribution in [0.4, 0.5) is 13.2 Å². The zero-order valence-electron chi connectivity index (χ0n) is 16.6. The molecule has 1 aromatic carbocycles. The molecule has 1 aliphatic rings. The molecule has 0 spiro atoms. The lowest BCUT2D eigenvalue weighted by Crippen LogP contribution is -2.44. The van der Waals surface area contributed by atoms with Gasteiger partial charge in [0, 0.05) is 37.1 Å². The van der Waals surface area contributed by atoms with Crippen molar-refractivity contribution in [2.75, 3.05) is 19.6 Å². The first kappa shape index (κ1) is 21.6. The predicted molar refractivity (Wildman–Crippen MR) is 110 cm³/mol. The number of rotatable bonds is 6. The summed E-state index contributed by atoms with van der Waals surface area (Å²) in [5.74, 6) is 0.779. The number of hydrogen-bond acceptors (Lipinski definition) is 4. The second-order valence-electron chi connectivity index (χ2n) is 7.12. The van der Waals surface area contributed by atoms with Gasteiger partial charge < -0.3 is 10.6 Å². The Bertz CT molecular complexity index is 816. The zero-order valence-corrected chi connectivity index (χ0v) is 17.4. The van der Waals surface area contributed by atoms with Crippen LogP contribution in [0, 0.1) is 6.92 Å². The van der Waals surface area contributed by atoms with E-state index in [9.17, 15) is 13.2 Å². The van der Waals surface area contributed by atoms with Gasteiger partial charge in [-0.3, -0.25) is 4.90 Å². The second-order valence-corrected chi connectivity index (χ2v) is 8.06. The van der Waals surface area contributed by atoms with Crippen molar-refractivity contribution in [1.29, 1.82) is 0 Å². The molecule has 0 radical (unpaired) electrons. The molecule has 0 aliphatic carbocycles. The number of benzene rings is 1. The molecular weight excluding hydrogens is 399 g/mol. The summed E-state index contributed by atoms with van der Waals surface area (Å²) in [5, 5.41) is 6.75. The van der Waals surface area contributed by atoms with Gasteiger partial charge in [-0.25, -0.2) is 9.98 Å². The van der Waals surface area contributed by atoms with E-state index in [1.807, 2.05) is 19.4 Å². The highest BCUT2D eigenvalue weighted by atomic mass is 32.1. The van der Waals surface area contributed by atoms with Crippen molar-refractivity contribution in [3.8, 4) is 0 Å². The Morgan fingerprint density at radius 3 is 2.69 bits per heavy atom. The Labute approximate surface area is 173 Å². The summed E-state index contributed by atoms with van der Waals surface area (Å²) in [6, 6.07) is 5.68. The monoisotopic (exact) mass is 425 g/mol. The molecule has 1 fully saturated rings. The highest BCUT2D eigenvalue weighted by Gasteiger charge is 2.30. The van der Waals surface area contributed by atoms with Crippen molar-refractivity contribution in [1.82, 2.24) is 20.5 Å². The molecule has 1 aliphatic heterocycles. The number of aryl methyl sites for hydroxylation is 1. The summed E-state index contributed by atoms with van der Waals surface area (Å²) in [4.78, 5) is 12.3. The summed E-state index contributed by atoms with van der Waals surface area (Å²) < 4.78 is 38.1. The Balaban J connectivity index is 1.53. The van der Waals surface area contributed by atoms with Gasteiger partial charge in [-0.15, -0.1) is 11.3 Å². The lowest BCUT2D eigenvalue weighted by atomic mass is 10.1. The fraction of sp³-hybridized carbons (Fsp3) is 0.500. The summed E-state index contributed by atoms with van der Waals surface area (Å²) in [6.45, 7) is 7.74. The minimum atomic E-state index is -4.29. The molecule has 158 valence electrons. The highest BCUT2D eigenvalue weighted by Crippen LogP contribution is 2.29. The van der Waals surface area contributed by atoms with Gasteiger partial charge in [0.2, 0.25) is 0 Å². The molecule has 1 aromatic heterocycles. The van der Waals surface area contributed by atoms with Crippen LogP contribution in [0.1, 0.15) is 35.0 Å². The third-order valence-electron chi connectivity index (χ3n) is 4.87. The number of hydrogen-bond donors (Lipinski definition) is 2. The summed E-state index contributed by atoms with van der Waals surface area (Å²) in [6.07, 6.45) is -3.33. The molecule has 3 rings (SSSR count). The van der Waals surface area contributed by atoms with E-state index in [4.69, 9.17) is 0 Å². The van der Waals surface area contributed by atoms with E-state index in [1.165, 1.54) is 0 Å². The predicted octanol–water partition coefficient (Wildman–Crippen LogP) is 3.80. The van der Waals surface area contributed by atoms with Crippen molar-refractivity contribution in [3.05, 3.63) is 51.5 Å². The van der Waals surface area contributed by atoms with Crippen LogP contribution in [0.2, 0.25) is 0 Å². The molecule has 2 heterocycles. The summed E-state index contributed by atoms with van der Waals surface area (Å²) >= 11 is 1.60. The lowest BCUT2D eigenvalue weighted by Gasteiger charge is -2.19. The Morgan fingerprint density at radius 1 is 1.31 bits per heavy atom. The molecule has 2 N–H and O–H groups in total. The topological polar surface area (TPSA) is 52.6 Å². The third kappa shape index (κ3) is 6.17. The Hall–Kier alpha value is -2.13. The molecule has 0 amide bonds. The molecule has 1 saturated heterocycles. The maximum absolute atomic E-state index is 12.7. The maximum Gasteiger partial charge on any atom is 0.416 e. The molecule has 5 nitrogen and oxygen atoms in total. The van der Waals surface area contributed by atoms with Gasteiger partial charge in [-0.05, 0) is 38.0 Å². The van der Waals surface area contributed by atoms with Gasteiger partial charge in [-0.1, -0.05) is 12.1 Å². The first-order valence-electron chi connectivity index (χ1n) is 9.67. The molecule has 2 aromatic rings. The Kier molecular flexibility index (Phi) is 7.13. The maximum atomic E-state index is 12.7. The van der Waals surface area contributed by atoms with Crippen molar-refractivity contribution >= 4 is 17.3 Å². The molecule has 29 heavy (non-hydrogen) atoms. The third-order valence-corrected chi connectivity index (χ3v) is 5.79. The van der Waals surface area contributed by atoms with Crippen LogP contribution < -0.4 is 10.6 Å². The number of halogens is 3. The Morgan fingerprint density at radius 2 is 2.07 bits per heavy atom. The first-order chi connectivity index (χ1) is 13.8. The highest BCUT2D eigenvalue weighted by molar-refractivity contribution is 7.09. The molecule has 0 saturated carbocycles. The van der Waals surface area contributed by atoms with Crippen LogP contribution in [0.15, 0.2) is 34.8 Å². The van der Waals surface area contributed by atoms with Gasteiger partial charge in [0.1, 0.15) is 0 Å². The standard InChI is InChI=1S/C20H26F3N5S/c1-3-24-19(25-10-18-14(2)26-13-29-18)27-17-8-9-28(12-17)11-15-4-6-16(7-5-15)20(21,22)23/h4-7,13,17H,3,8-12H2,1-2H3,(H2,24,25,27). The fourth-order valence-electron chi connectivity index (χ4n) is 3.29. The average molecular weight is 426 g/mol.